The molecule has 0 aromatic carbocycles. The lowest BCUT2D eigenvalue weighted by molar-refractivity contribution is 0.281. The lowest BCUT2D eigenvalue weighted by Gasteiger charge is -2.37. The van der Waals surface area contributed by atoms with Gasteiger partial charge in [0.15, 0.2) is 0 Å². The molecule has 1 saturated carbocycles. The van der Waals surface area contributed by atoms with Crippen LogP contribution in [0.25, 0.3) is 0 Å². The van der Waals surface area contributed by atoms with Crippen LogP contribution < -0.4 is 15.0 Å². The Kier molecular flexibility index (Phi) is 5.98. The Morgan fingerprint density at radius 3 is 2.67 bits per heavy atom. The Balaban J connectivity index is 2.23. The molecule has 1 aliphatic rings. The highest BCUT2D eigenvalue weighted by atomic mass is 16.5. The first kappa shape index (κ1) is 15.8. The number of aliphatic hydroxyl groups is 1. The molecule has 0 spiro atoms. The van der Waals surface area contributed by atoms with Crippen LogP contribution in [0, 0.1) is 0 Å². The number of ether oxygens (including phenoxy) is 1. The summed E-state index contributed by atoms with van der Waals surface area (Å²) in [6, 6.07) is 0.815. The van der Waals surface area contributed by atoms with Crippen LogP contribution in [-0.4, -0.2) is 52.4 Å². The molecule has 1 fully saturated rings. The molecule has 1 heterocycles. The first-order valence-electron chi connectivity index (χ1n) is 7.78. The van der Waals surface area contributed by atoms with Gasteiger partial charge in [-0.05, 0) is 39.5 Å². The largest absolute Gasteiger partial charge is 0.464 e. The highest BCUT2D eigenvalue weighted by Gasteiger charge is 2.27. The molecule has 1 aliphatic carbocycles. The van der Waals surface area contributed by atoms with E-state index in [1.807, 2.05) is 13.8 Å². The van der Waals surface area contributed by atoms with E-state index in [2.05, 4.69) is 25.2 Å². The summed E-state index contributed by atoms with van der Waals surface area (Å²) in [4.78, 5) is 15.3. The SMILES string of the molecule is CCNc1nc(OCC)nc(N(CCCO)C2CCC2)n1. The summed E-state index contributed by atoms with van der Waals surface area (Å²) < 4.78 is 5.44. The fraction of sp³-hybridized carbons (Fsp3) is 0.786. The molecular formula is C14H25N5O2. The predicted octanol–water partition coefficient (Wildman–Crippen LogP) is 1.44. The summed E-state index contributed by atoms with van der Waals surface area (Å²) in [6.07, 6.45) is 4.25. The Labute approximate surface area is 125 Å². The summed E-state index contributed by atoms with van der Waals surface area (Å²) in [6.45, 7) is 6.10. The number of hydrogen-bond acceptors (Lipinski definition) is 7. The van der Waals surface area contributed by atoms with Crippen molar-refractivity contribution in [1.82, 2.24) is 15.0 Å². The monoisotopic (exact) mass is 295 g/mol. The van der Waals surface area contributed by atoms with Gasteiger partial charge in [0.05, 0.1) is 6.61 Å². The molecule has 0 radical (unpaired) electrons. The van der Waals surface area contributed by atoms with Gasteiger partial charge in [-0.15, -0.1) is 0 Å². The highest BCUT2D eigenvalue weighted by Crippen LogP contribution is 2.28. The van der Waals surface area contributed by atoms with Gasteiger partial charge < -0.3 is 20.1 Å². The van der Waals surface area contributed by atoms with Gasteiger partial charge in [-0.25, -0.2) is 0 Å². The van der Waals surface area contributed by atoms with E-state index in [9.17, 15) is 0 Å². The number of nitrogens with zero attached hydrogens (tertiary/aromatic N) is 4. The fourth-order valence-electron chi connectivity index (χ4n) is 2.29. The van der Waals surface area contributed by atoms with Gasteiger partial charge in [-0.3, -0.25) is 0 Å². The summed E-state index contributed by atoms with van der Waals surface area (Å²) in [5.41, 5.74) is 0. The van der Waals surface area contributed by atoms with Crippen molar-refractivity contribution in [2.24, 2.45) is 0 Å². The molecule has 1 aromatic heterocycles. The van der Waals surface area contributed by atoms with E-state index in [1.165, 1.54) is 6.42 Å². The average molecular weight is 295 g/mol. The first-order valence-corrected chi connectivity index (χ1v) is 7.78. The molecular weight excluding hydrogens is 270 g/mol. The highest BCUT2D eigenvalue weighted by molar-refractivity contribution is 5.40. The maximum Gasteiger partial charge on any atom is 0.323 e. The van der Waals surface area contributed by atoms with Crippen LogP contribution in [0.5, 0.6) is 6.01 Å². The van der Waals surface area contributed by atoms with E-state index < -0.39 is 0 Å². The number of rotatable bonds is 9. The topological polar surface area (TPSA) is 83.4 Å². The normalized spacial score (nSPS) is 14.6. The van der Waals surface area contributed by atoms with Crippen molar-refractivity contribution in [3.63, 3.8) is 0 Å². The quantitative estimate of drug-likeness (QED) is 0.713. The van der Waals surface area contributed by atoms with Crippen LogP contribution in [0.15, 0.2) is 0 Å². The lowest BCUT2D eigenvalue weighted by Crippen LogP contribution is -2.42. The van der Waals surface area contributed by atoms with Crippen molar-refractivity contribution in [3.05, 3.63) is 0 Å². The lowest BCUT2D eigenvalue weighted by atomic mass is 9.91. The van der Waals surface area contributed by atoms with Gasteiger partial charge in [0.25, 0.3) is 0 Å². The Bertz CT molecular complexity index is 415. The van der Waals surface area contributed by atoms with Gasteiger partial charge in [0.1, 0.15) is 0 Å². The Morgan fingerprint density at radius 2 is 2.10 bits per heavy atom. The zero-order chi connectivity index (χ0) is 15.1. The minimum Gasteiger partial charge on any atom is -0.464 e. The summed E-state index contributed by atoms with van der Waals surface area (Å²) in [5, 5.41) is 12.2. The third kappa shape index (κ3) is 4.17. The van der Waals surface area contributed by atoms with Crippen molar-refractivity contribution in [1.29, 1.82) is 0 Å². The van der Waals surface area contributed by atoms with E-state index in [0.717, 1.165) is 25.9 Å². The zero-order valence-corrected chi connectivity index (χ0v) is 12.9. The molecule has 0 saturated heterocycles. The first-order chi connectivity index (χ1) is 10.3. The minimum atomic E-state index is 0.173. The van der Waals surface area contributed by atoms with Crippen molar-refractivity contribution in [3.8, 4) is 6.01 Å². The third-order valence-corrected chi connectivity index (χ3v) is 3.54. The summed E-state index contributed by atoms with van der Waals surface area (Å²) in [7, 11) is 0. The van der Waals surface area contributed by atoms with Crippen LogP contribution >= 0.6 is 0 Å². The van der Waals surface area contributed by atoms with Crippen LogP contribution in [0.3, 0.4) is 0 Å². The molecule has 2 N–H and O–H groups in total. The minimum absolute atomic E-state index is 0.173. The number of aromatic nitrogens is 3. The van der Waals surface area contributed by atoms with Gasteiger partial charge in [-0.1, -0.05) is 0 Å². The molecule has 118 valence electrons. The number of nitrogens with one attached hydrogen (secondary N) is 1. The van der Waals surface area contributed by atoms with E-state index in [4.69, 9.17) is 9.84 Å². The van der Waals surface area contributed by atoms with Crippen molar-refractivity contribution < 1.29 is 9.84 Å². The maximum atomic E-state index is 9.10. The second-order valence-corrected chi connectivity index (χ2v) is 5.06. The fourth-order valence-corrected chi connectivity index (χ4v) is 2.29. The number of aliphatic hydroxyl groups excluding tert-OH is 1. The summed E-state index contributed by atoms with van der Waals surface area (Å²) in [5.74, 6) is 1.18. The smallest absolute Gasteiger partial charge is 0.323 e. The van der Waals surface area contributed by atoms with E-state index in [0.29, 0.717) is 37.0 Å². The average Bonchev–Trinajstić information content (AvgIpc) is 2.41. The van der Waals surface area contributed by atoms with E-state index >= 15 is 0 Å². The standard InChI is InChI=1S/C14H25N5O2/c1-3-15-12-16-13(18-14(17-12)21-4-2)19(9-6-10-20)11-7-5-8-11/h11,20H,3-10H2,1-2H3,(H,15,16,17,18). The van der Waals surface area contributed by atoms with Crippen LogP contribution in [0.4, 0.5) is 11.9 Å². The maximum absolute atomic E-state index is 9.10. The molecule has 0 aliphatic heterocycles. The molecule has 0 amide bonds. The Hall–Kier alpha value is -1.63. The molecule has 0 bridgehead atoms. The van der Waals surface area contributed by atoms with Crippen molar-refractivity contribution in [2.75, 3.05) is 36.5 Å². The molecule has 21 heavy (non-hydrogen) atoms. The molecule has 7 nitrogen and oxygen atoms in total. The van der Waals surface area contributed by atoms with Gasteiger partial charge >= 0.3 is 6.01 Å². The second-order valence-electron chi connectivity index (χ2n) is 5.06. The molecule has 0 unspecified atom stereocenters. The third-order valence-electron chi connectivity index (χ3n) is 3.54. The number of anilines is 2. The number of hydrogen-bond donors (Lipinski definition) is 2. The molecule has 1 aromatic rings. The summed E-state index contributed by atoms with van der Waals surface area (Å²) >= 11 is 0. The molecule has 0 atom stereocenters. The van der Waals surface area contributed by atoms with E-state index in [1.54, 1.807) is 0 Å². The molecule has 2 rings (SSSR count). The second kappa shape index (κ2) is 7.97. The Morgan fingerprint density at radius 1 is 1.29 bits per heavy atom. The zero-order valence-electron chi connectivity index (χ0n) is 12.9. The van der Waals surface area contributed by atoms with Crippen molar-refractivity contribution in [2.45, 2.75) is 45.6 Å². The predicted molar refractivity (Wildman–Crippen MR) is 81.8 cm³/mol. The van der Waals surface area contributed by atoms with Gasteiger partial charge in [-0.2, -0.15) is 15.0 Å². The van der Waals surface area contributed by atoms with Gasteiger partial charge in [0, 0.05) is 25.7 Å². The van der Waals surface area contributed by atoms with Crippen LogP contribution in [-0.2, 0) is 0 Å². The van der Waals surface area contributed by atoms with Crippen molar-refractivity contribution >= 4 is 11.9 Å². The van der Waals surface area contributed by atoms with Gasteiger partial charge in [0.2, 0.25) is 11.9 Å². The van der Waals surface area contributed by atoms with Crippen LogP contribution in [0.2, 0.25) is 0 Å². The van der Waals surface area contributed by atoms with Crippen LogP contribution in [0.1, 0.15) is 39.5 Å². The molecule has 7 heteroatoms. The van der Waals surface area contributed by atoms with E-state index in [-0.39, 0.29) is 6.61 Å².